The molecule has 1 fully saturated rings. The molecule has 2 aliphatic heterocycles. The van der Waals surface area contributed by atoms with Gasteiger partial charge in [0.15, 0.2) is 0 Å². The molecule has 0 saturated carbocycles. The van der Waals surface area contributed by atoms with E-state index in [-0.39, 0.29) is 29.6 Å². The van der Waals surface area contributed by atoms with Crippen molar-refractivity contribution in [2.45, 2.75) is 25.4 Å². The summed E-state index contributed by atoms with van der Waals surface area (Å²) in [6, 6.07) is 18.1. The van der Waals surface area contributed by atoms with Gasteiger partial charge in [0, 0.05) is 54.8 Å². The van der Waals surface area contributed by atoms with E-state index >= 15 is 0 Å². The molecular weight excluding hydrogens is 476 g/mol. The molecule has 0 radical (unpaired) electrons. The second-order valence-corrected chi connectivity index (χ2v) is 10.3. The predicted molar refractivity (Wildman–Crippen MR) is 138 cm³/mol. The van der Waals surface area contributed by atoms with Crippen molar-refractivity contribution in [2.24, 2.45) is 0 Å². The molecule has 186 valence electrons. The molecule has 0 bridgehead atoms. The number of carbonyl (C=O) groups is 2. The van der Waals surface area contributed by atoms with Gasteiger partial charge in [-0.3, -0.25) is 24.6 Å². The van der Waals surface area contributed by atoms with E-state index in [1.165, 1.54) is 40.3 Å². The Morgan fingerprint density at radius 2 is 1.78 bits per heavy atom. The number of benzene rings is 2. The molecule has 9 heteroatoms. The van der Waals surface area contributed by atoms with Crippen LogP contribution in [0.15, 0.2) is 66.0 Å². The van der Waals surface area contributed by atoms with Gasteiger partial charge in [-0.15, -0.1) is 11.3 Å². The molecule has 0 N–H and O–H groups in total. The van der Waals surface area contributed by atoms with E-state index < -0.39 is 4.92 Å². The summed E-state index contributed by atoms with van der Waals surface area (Å²) in [6.07, 6.45) is 0.942. The number of nitrogens with zero attached hydrogens (tertiary/aromatic N) is 4. The number of thiophene rings is 1. The van der Waals surface area contributed by atoms with Crippen molar-refractivity contribution in [3.05, 3.63) is 97.7 Å². The maximum absolute atomic E-state index is 13.4. The summed E-state index contributed by atoms with van der Waals surface area (Å²) in [5, 5.41) is 13.0. The van der Waals surface area contributed by atoms with E-state index in [1.54, 1.807) is 16.2 Å². The summed E-state index contributed by atoms with van der Waals surface area (Å²) in [7, 11) is 0. The third-order valence-corrected chi connectivity index (χ3v) is 8.08. The number of rotatable bonds is 5. The minimum absolute atomic E-state index is 0.0453. The Labute approximate surface area is 213 Å². The van der Waals surface area contributed by atoms with Crippen LogP contribution >= 0.6 is 11.3 Å². The highest BCUT2D eigenvalue weighted by Crippen LogP contribution is 2.37. The number of carbonyl (C=O) groups excluding carboxylic acids is 2. The largest absolute Gasteiger partial charge is 0.338 e. The molecule has 2 aromatic carbocycles. The van der Waals surface area contributed by atoms with E-state index in [2.05, 4.69) is 28.5 Å². The Bertz CT molecular complexity index is 1260. The fourth-order valence-corrected chi connectivity index (χ4v) is 6.12. The lowest BCUT2D eigenvalue weighted by atomic mass is 9.93. The molecule has 2 atom stereocenters. The van der Waals surface area contributed by atoms with Gasteiger partial charge in [0.05, 0.1) is 17.5 Å². The number of piperazine rings is 1. The summed E-state index contributed by atoms with van der Waals surface area (Å²) >= 11 is 1.78. The Morgan fingerprint density at radius 1 is 1.03 bits per heavy atom. The topological polar surface area (TPSA) is 87.0 Å². The molecule has 0 spiro atoms. The van der Waals surface area contributed by atoms with E-state index in [9.17, 15) is 19.7 Å². The molecule has 3 heterocycles. The van der Waals surface area contributed by atoms with Crippen molar-refractivity contribution in [1.82, 2.24) is 14.7 Å². The van der Waals surface area contributed by atoms with Gasteiger partial charge in [0.1, 0.15) is 0 Å². The van der Waals surface area contributed by atoms with Crippen LogP contribution in [0.5, 0.6) is 0 Å². The van der Waals surface area contributed by atoms with Crippen molar-refractivity contribution in [1.29, 1.82) is 0 Å². The van der Waals surface area contributed by atoms with E-state index in [4.69, 9.17) is 0 Å². The summed E-state index contributed by atoms with van der Waals surface area (Å²) in [5.41, 5.74) is 2.85. The zero-order valence-electron chi connectivity index (χ0n) is 20.1. The third kappa shape index (κ3) is 4.76. The first-order valence-electron chi connectivity index (χ1n) is 12.1. The number of hydrogen-bond acceptors (Lipinski definition) is 6. The number of hydrogen-bond donors (Lipinski definition) is 0. The summed E-state index contributed by atoms with van der Waals surface area (Å²) in [5.74, 6) is -0.0986. The van der Waals surface area contributed by atoms with Crippen LogP contribution in [-0.4, -0.2) is 70.2 Å². The highest BCUT2D eigenvalue weighted by molar-refractivity contribution is 7.10. The first-order valence-corrected chi connectivity index (χ1v) is 13.0. The van der Waals surface area contributed by atoms with Crippen molar-refractivity contribution in [3.63, 3.8) is 0 Å². The smallest absolute Gasteiger partial charge is 0.269 e. The molecule has 2 aliphatic rings. The standard InChI is InChI=1S/C27H28N4O4S/c1-19-17-28(14-15-30(19)27(33)21-7-9-22(10-8-21)31(34)35)25(32)18-29-13-11-24-23(12-16-36-24)26(29)20-5-3-2-4-6-20/h2-10,12,16,19,26H,11,13-15,17-18H2,1H3. The first-order chi connectivity index (χ1) is 17.4. The summed E-state index contributed by atoms with van der Waals surface area (Å²) < 4.78 is 0. The molecule has 8 nitrogen and oxygen atoms in total. The molecule has 0 aliphatic carbocycles. The quantitative estimate of drug-likeness (QED) is 0.388. The SMILES string of the molecule is CC1CN(C(=O)CN2CCc3sccc3C2c2ccccc2)CCN1C(=O)c1ccc([N+](=O)[O-])cc1. The molecular formula is C27H28N4O4S. The Kier molecular flexibility index (Phi) is 6.84. The normalized spacial score (nSPS) is 20.1. The van der Waals surface area contributed by atoms with Crippen LogP contribution in [0.3, 0.4) is 0 Å². The minimum atomic E-state index is -0.481. The monoisotopic (exact) mass is 504 g/mol. The minimum Gasteiger partial charge on any atom is -0.338 e. The summed E-state index contributed by atoms with van der Waals surface area (Å²) in [6.45, 7) is 4.46. The zero-order valence-corrected chi connectivity index (χ0v) is 20.9. The van der Waals surface area contributed by atoms with Crippen LogP contribution in [0.1, 0.15) is 39.3 Å². The van der Waals surface area contributed by atoms with Crippen molar-refractivity contribution in [3.8, 4) is 0 Å². The third-order valence-electron chi connectivity index (χ3n) is 7.09. The van der Waals surface area contributed by atoms with Gasteiger partial charge in [-0.2, -0.15) is 0 Å². The van der Waals surface area contributed by atoms with Crippen LogP contribution in [0.4, 0.5) is 5.69 Å². The first kappa shape index (κ1) is 24.1. The van der Waals surface area contributed by atoms with Crippen LogP contribution < -0.4 is 0 Å². The molecule has 1 saturated heterocycles. The van der Waals surface area contributed by atoms with Crippen molar-refractivity contribution in [2.75, 3.05) is 32.7 Å². The highest BCUT2D eigenvalue weighted by atomic mass is 32.1. The van der Waals surface area contributed by atoms with Crippen LogP contribution in [0.25, 0.3) is 0 Å². The van der Waals surface area contributed by atoms with E-state index in [0.717, 1.165) is 13.0 Å². The van der Waals surface area contributed by atoms with Gasteiger partial charge in [0.2, 0.25) is 5.91 Å². The predicted octanol–water partition coefficient (Wildman–Crippen LogP) is 3.98. The Balaban J connectivity index is 1.25. The van der Waals surface area contributed by atoms with Crippen LogP contribution in [-0.2, 0) is 11.2 Å². The molecule has 5 rings (SSSR count). The lowest BCUT2D eigenvalue weighted by Crippen LogP contribution is -2.57. The Hall–Kier alpha value is -3.56. The van der Waals surface area contributed by atoms with Gasteiger partial charge in [0.25, 0.3) is 11.6 Å². The average molecular weight is 505 g/mol. The van der Waals surface area contributed by atoms with E-state index in [1.807, 2.05) is 30.0 Å². The van der Waals surface area contributed by atoms with Gasteiger partial charge >= 0.3 is 0 Å². The molecule has 1 aromatic heterocycles. The van der Waals surface area contributed by atoms with Gasteiger partial charge in [-0.25, -0.2) is 0 Å². The maximum atomic E-state index is 13.4. The lowest BCUT2D eigenvalue weighted by molar-refractivity contribution is -0.384. The second kappa shape index (κ2) is 10.2. The molecule has 2 unspecified atom stereocenters. The van der Waals surface area contributed by atoms with Crippen molar-refractivity contribution >= 4 is 28.8 Å². The molecule has 3 aromatic rings. The maximum Gasteiger partial charge on any atom is 0.269 e. The fraction of sp³-hybridized carbons (Fsp3) is 0.333. The Morgan fingerprint density at radius 3 is 2.47 bits per heavy atom. The van der Waals surface area contributed by atoms with Crippen LogP contribution in [0.2, 0.25) is 0 Å². The highest BCUT2D eigenvalue weighted by Gasteiger charge is 2.34. The van der Waals surface area contributed by atoms with Gasteiger partial charge in [-0.05, 0) is 48.1 Å². The van der Waals surface area contributed by atoms with Gasteiger partial charge in [-0.1, -0.05) is 30.3 Å². The fourth-order valence-electron chi connectivity index (χ4n) is 5.22. The average Bonchev–Trinajstić information content (AvgIpc) is 3.37. The lowest BCUT2D eigenvalue weighted by Gasteiger charge is -2.42. The molecule has 2 amide bonds. The number of nitro benzene ring substituents is 1. The van der Waals surface area contributed by atoms with Gasteiger partial charge < -0.3 is 9.80 Å². The zero-order chi connectivity index (χ0) is 25.2. The number of non-ortho nitro benzene ring substituents is 1. The second-order valence-electron chi connectivity index (χ2n) is 9.32. The number of nitro groups is 1. The van der Waals surface area contributed by atoms with E-state index in [0.29, 0.717) is 31.7 Å². The molecule has 36 heavy (non-hydrogen) atoms. The van der Waals surface area contributed by atoms with Crippen molar-refractivity contribution < 1.29 is 14.5 Å². The number of fused-ring (bicyclic) bond motifs is 1. The van der Waals surface area contributed by atoms with Crippen LogP contribution in [0, 0.1) is 10.1 Å². The number of amides is 2. The summed E-state index contributed by atoms with van der Waals surface area (Å²) in [4.78, 5) is 44.1.